The minimum atomic E-state index is -3.38. The van der Waals surface area contributed by atoms with Crippen LogP contribution >= 0.6 is 11.6 Å². The van der Waals surface area contributed by atoms with Crippen molar-refractivity contribution < 1.29 is 8.42 Å². The lowest BCUT2D eigenvalue weighted by Crippen LogP contribution is -2.44. The molecule has 1 aromatic carbocycles. The summed E-state index contributed by atoms with van der Waals surface area (Å²) in [7, 11) is -3.38. The van der Waals surface area contributed by atoms with Gasteiger partial charge in [-0.25, -0.2) is 0 Å². The van der Waals surface area contributed by atoms with Gasteiger partial charge in [0.2, 0.25) is 0 Å². The fourth-order valence-electron chi connectivity index (χ4n) is 2.60. The molecule has 1 N–H and O–H groups in total. The van der Waals surface area contributed by atoms with E-state index < -0.39 is 15.7 Å². The third kappa shape index (κ3) is 2.65. The van der Waals surface area contributed by atoms with E-state index in [-0.39, 0.29) is 0 Å². The van der Waals surface area contributed by atoms with E-state index in [0.29, 0.717) is 18.1 Å². The Balaban J connectivity index is 1.82. The fraction of sp³-hybridized carbons (Fsp3) is 0.538. The van der Waals surface area contributed by atoms with Crippen LogP contribution in [0.1, 0.15) is 31.2 Å². The van der Waals surface area contributed by atoms with Crippen molar-refractivity contribution in [2.45, 2.75) is 31.2 Å². The Hall–Kier alpha value is -0.620. The number of nitrogens with zero attached hydrogens (tertiary/aromatic N) is 1. The molecule has 1 heterocycles. The molecular formula is C13H17ClN2O2S. The van der Waals surface area contributed by atoms with Crippen molar-refractivity contribution >= 4 is 21.8 Å². The van der Waals surface area contributed by atoms with Crippen molar-refractivity contribution in [3.8, 4) is 0 Å². The van der Waals surface area contributed by atoms with Gasteiger partial charge in [-0.15, -0.1) is 0 Å². The molecule has 0 radical (unpaired) electrons. The topological polar surface area (TPSA) is 49.4 Å². The van der Waals surface area contributed by atoms with Crippen molar-refractivity contribution in [2.24, 2.45) is 0 Å². The fourth-order valence-corrected chi connectivity index (χ4v) is 4.47. The van der Waals surface area contributed by atoms with E-state index in [4.69, 9.17) is 11.6 Å². The molecule has 0 atom stereocenters. The summed E-state index contributed by atoms with van der Waals surface area (Å²) in [6.45, 7) is 1.25. The van der Waals surface area contributed by atoms with E-state index in [2.05, 4.69) is 4.72 Å². The summed E-state index contributed by atoms with van der Waals surface area (Å²) in [5.74, 6) is 0. The van der Waals surface area contributed by atoms with Gasteiger partial charge < -0.3 is 0 Å². The highest BCUT2D eigenvalue weighted by Gasteiger charge is 2.48. The van der Waals surface area contributed by atoms with Gasteiger partial charge in [-0.05, 0) is 43.4 Å². The maximum absolute atomic E-state index is 12.3. The Morgan fingerprint density at radius 1 is 1.21 bits per heavy atom. The molecule has 0 unspecified atom stereocenters. The molecule has 0 spiro atoms. The van der Waals surface area contributed by atoms with Crippen LogP contribution in [-0.4, -0.2) is 25.8 Å². The summed E-state index contributed by atoms with van der Waals surface area (Å²) in [5, 5.41) is 0.643. The monoisotopic (exact) mass is 300 g/mol. The van der Waals surface area contributed by atoms with Gasteiger partial charge in [0.25, 0.3) is 10.2 Å². The molecule has 1 saturated carbocycles. The lowest BCUT2D eigenvalue weighted by Gasteiger charge is -2.23. The number of benzene rings is 1. The first-order valence-electron chi connectivity index (χ1n) is 6.57. The zero-order valence-electron chi connectivity index (χ0n) is 10.6. The molecule has 2 aliphatic rings. The normalized spacial score (nSPS) is 22.6. The second kappa shape index (κ2) is 4.74. The van der Waals surface area contributed by atoms with Gasteiger partial charge >= 0.3 is 0 Å². The van der Waals surface area contributed by atoms with Crippen LogP contribution in [0.25, 0.3) is 0 Å². The molecule has 1 saturated heterocycles. The molecule has 2 fully saturated rings. The summed E-state index contributed by atoms with van der Waals surface area (Å²) in [6.07, 6.45) is 3.57. The minimum Gasteiger partial charge on any atom is -0.195 e. The molecule has 0 aromatic heterocycles. The Morgan fingerprint density at radius 3 is 2.47 bits per heavy atom. The van der Waals surface area contributed by atoms with Gasteiger partial charge in [-0.2, -0.15) is 17.4 Å². The van der Waals surface area contributed by atoms with Gasteiger partial charge in [0.15, 0.2) is 0 Å². The van der Waals surface area contributed by atoms with Crippen LogP contribution in [0.5, 0.6) is 0 Å². The molecule has 6 heteroatoms. The predicted octanol–water partition coefficient (Wildman–Crippen LogP) is 2.26. The number of rotatable bonds is 4. The lowest BCUT2D eigenvalue weighted by atomic mass is 10.1. The van der Waals surface area contributed by atoms with Crippen molar-refractivity contribution in [3.05, 3.63) is 34.9 Å². The van der Waals surface area contributed by atoms with Gasteiger partial charge in [0.1, 0.15) is 0 Å². The molecule has 1 aliphatic heterocycles. The van der Waals surface area contributed by atoms with Gasteiger partial charge in [-0.3, -0.25) is 0 Å². The first kappa shape index (κ1) is 13.4. The molecule has 1 aromatic rings. The van der Waals surface area contributed by atoms with Crippen molar-refractivity contribution in [2.75, 3.05) is 13.1 Å². The molecule has 1 aliphatic carbocycles. The summed E-state index contributed by atoms with van der Waals surface area (Å²) < 4.78 is 29.1. The number of halogens is 1. The molecule has 19 heavy (non-hydrogen) atoms. The molecule has 4 nitrogen and oxygen atoms in total. The molecular weight excluding hydrogens is 284 g/mol. The maximum atomic E-state index is 12.3. The predicted molar refractivity (Wildman–Crippen MR) is 75.2 cm³/mol. The first-order valence-corrected chi connectivity index (χ1v) is 8.39. The SMILES string of the molecule is O=S(=O)(NC1(c2cccc(Cl)c2)CC1)N1CCCC1. The van der Waals surface area contributed by atoms with Crippen molar-refractivity contribution in [1.29, 1.82) is 0 Å². The van der Waals surface area contributed by atoms with E-state index in [1.54, 1.807) is 6.07 Å². The van der Waals surface area contributed by atoms with E-state index >= 15 is 0 Å². The van der Waals surface area contributed by atoms with E-state index in [0.717, 1.165) is 31.2 Å². The van der Waals surface area contributed by atoms with Crippen LogP contribution in [0.3, 0.4) is 0 Å². The highest BCUT2D eigenvalue weighted by molar-refractivity contribution is 7.87. The summed E-state index contributed by atoms with van der Waals surface area (Å²) in [5.41, 5.74) is 0.523. The summed E-state index contributed by atoms with van der Waals surface area (Å²) in [4.78, 5) is 0. The Labute approximate surface area is 118 Å². The zero-order chi connectivity index (χ0) is 13.5. The van der Waals surface area contributed by atoms with Gasteiger partial charge in [0, 0.05) is 18.1 Å². The maximum Gasteiger partial charge on any atom is 0.280 e. The standard InChI is InChI=1S/C13H17ClN2O2S/c14-12-5-3-4-11(10-12)13(6-7-13)15-19(17,18)16-8-1-2-9-16/h3-5,10,15H,1-2,6-9H2. The number of nitrogens with one attached hydrogen (secondary N) is 1. The highest BCUT2D eigenvalue weighted by atomic mass is 35.5. The third-order valence-electron chi connectivity index (χ3n) is 3.86. The molecule has 0 bridgehead atoms. The average Bonchev–Trinajstić information content (AvgIpc) is 2.92. The second-order valence-corrected chi connectivity index (χ2v) is 7.41. The quantitative estimate of drug-likeness (QED) is 0.927. The molecule has 3 rings (SSSR count). The van der Waals surface area contributed by atoms with E-state index in [1.165, 1.54) is 4.31 Å². The van der Waals surface area contributed by atoms with Crippen LogP contribution in [0.2, 0.25) is 5.02 Å². The largest absolute Gasteiger partial charge is 0.280 e. The highest BCUT2D eigenvalue weighted by Crippen LogP contribution is 2.46. The van der Waals surface area contributed by atoms with Crippen LogP contribution in [0, 0.1) is 0 Å². The Bertz CT molecular complexity index is 578. The van der Waals surface area contributed by atoms with Crippen LogP contribution in [0.15, 0.2) is 24.3 Å². The van der Waals surface area contributed by atoms with E-state index in [1.807, 2.05) is 18.2 Å². The lowest BCUT2D eigenvalue weighted by molar-refractivity contribution is 0.450. The zero-order valence-corrected chi connectivity index (χ0v) is 12.2. The Kier molecular flexibility index (Phi) is 3.33. The van der Waals surface area contributed by atoms with Crippen molar-refractivity contribution in [1.82, 2.24) is 9.03 Å². The third-order valence-corrected chi connectivity index (χ3v) is 5.79. The van der Waals surface area contributed by atoms with Crippen LogP contribution in [-0.2, 0) is 15.7 Å². The second-order valence-electron chi connectivity index (χ2n) is 5.31. The first-order chi connectivity index (χ1) is 9.02. The smallest absolute Gasteiger partial charge is 0.195 e. The van der Waals surface area contributed by atoms with E-state index in [9.17, 15) is 8.42 Å². The summed E-state index contributed by atoms with van der Waals surface area (Å²) in [6, 6.07) is 7.45. The Morgan fingerprint density at radius 2 is 1.89 bits per heavy atom. The molecule has 104 valence electrons. The summed E-state index contributed by atoms with van der Waals surface area (Å²) >= 11 is 5.99. The minimum absolute atomic E-state index is 0.438. The number of hydrogen-bond acceptors (Lipinski definition) is 2. The van der Waals surface area contributed by atoms with Crippen molar-refractivity contribution in [3.63, 3.8) is 0 Å². The van der Waals surface area contributed by atoms with Gasteiger partial charge in [-0.1, -0.05) is 23.7 Å². The molecule has 0 amide bonds. The van der Waals surface area contributed by atoms with Crippen LogP contribution in [0.4, 0.5) is 0 Å². The van der Waals surface area contributed by atoms with Crippen LogP contribution < -0.4 is 4.72 Å². The van der Waals surface area contributed by atoms with Gasteiger partial charge in [0.05, 0.1) is 5.54 Å². The average molecular weight is 301 g/mol. The number of hydrogen-bond donors (Lipinski definition) is 1.